The van der Waals surface area contributed by atoms with Gasteiger partial charge in [-0.2, -0.15) is 0 Å². The monoisotopic (exact) mass is 258 g/mol. The summed E-state index contributed by atoms with van der Waals surface area (Å²) in [7, 11) is 0. The molecule has 0 atom stereocenters. The number of carboxylic acids is 1. The van der Waals surface area contributed by atoms with E-state index < -0.39 is 24.0 Å². The number of hydrogen-bond donors (Lipinski definition) is 1. The molecule has 0 bridgehead atoms. The summed E-state index contributed by atoms with van der Waals surface area (Å²) in [6.07, 6.45) is 0.0548. The van der Waals surface area contributed by atoms with Crippen molar-refractivity contribution in [2.75, 3.05) is 0 Å². The summed E-state index contributed by atoms with van der Waals surface area (Å²) in [6, 6.07) is 0. The first-order valence-electron chi connectivity index (χ1n) is 6.31. The van der Waals surface area contributed by atoms with Crippen LogP contribution in [0.2, 0.25) is 0 Å². The molecule has 0 amide bonds. The quantitative estimate of drug-likeness (QED) is 0.621. The van der Waals surface area contributed by atoms with Crippen LogP contribution in [0.25, 0.3) is 0 Å². The molecule has 0 unspecified atom stereocenters. The van der Waals surface area contributed by atoms with Crippen LogP contribution in [0.4, 0.5) is 0 Å². The molecule has 0 aromatic carbocycles. The summed E-state index contributed by atoms with van der Waals surface area (Å²) in [5.41, 5.74) is -1.23. The SMILES string of the molecule is CCC(OC(=O)CC(=O)O)(C(C)(C)C)C(C)(C)C. The zero-order valence-electron chi connectivity index (χ0n) is 12.6. The highest BCUT2D eigenvalue weighted by Gasteiger charge is 2.52. The Morgan fingerprint density at radius 3 is 1.61 bits per heavy atom. The molecule has 4 heteroatoms. The van der Waals surface area contributed by atoms with Gasteiger partial charge in [0.1, 0.15) is 12.0 Å². The Labute approximate surface area is 110 Å². The van der Waals surface area contributed by atoms with Gasteiger partial charge in [0.15, 0.2) is 0 Å². The molecule has 0 aliphatic heterocycles. The summed E-state index contributed by atoms with van der Waals surface area (Å²) in [5, 5.41) is 8.66. The lowest BCUT2D eigenvalue weighted by atomic mass is 9.61. The van der Waals surface area contributed by atoms with Gasteiger partial charge in [-0.05, 0) is 6.42 Å². The Balaban J connectivity index is 5.37. The summed E-state index contributed by atoms with van der Waals surface area (Å²) < 4.78 is 5.61. The summed E-state index contributed by atoms with van der Waals surface area (Å²) >= 11 is 0. The van der Waals surface area contributed by atoms with E-state index in [1.54, 1.807) is 0 Å². The van der Waals surface area contributed by atoms with E-state index in [9.17, 15) is 9.59 Å². The predicted molar refractivity (Wildman–Crippen MR) is 70.3 cm³/mol. The van der Waals surface area contributed by atoms with E-state index in [0.29, 0.717) is 6.42 Å². The summed E-state index contributed by atoms with van der Waals surface area (Å²) in [4.78, 5) is 22.3. The van der Waals surface area contributed by atoms with Crippen LogP contribution < -0.4 is 0 Å². The molecule has 0 fully saturated rings. The lowest BCUT2D eigenvalue weighted by Crippen LogP contribution is -2.55. The molecule has 106 valence electrons. The number of carbonyl (C=O) groups is 2. The molecule has 4 nitrogen and oxygen atoms in total. The van der Waals surface area contributed by atoms with Crippen molar-refractivity contribution in [2.45, 2.75) is 66.9 Å². The van der Waals surface area contributed by atoms with Crippen LogP contribution in [0.5, 0.6) is 0 Å². The minimum atomic E-state index is -1.16. The number of aliphatic carboxylic acids is 1. The van der Waals surface area contributed by atoms with Gasteiger partial charge < -0.3 is 9.84 Å². The smallest absolute Gasteiger partial charge is 0.317 e. The molecule has 0 spiro atoms. The van der Waals surface area contributed by atoms with Gasteiger partial charge in [-0.1, -0.05) is 48.5 Å². The molecule has 0 radical (unpaired) electrons. The minimum absolute atomic E-state index is 0.270. The van der Waals surface area contributed by atoms with Crippen molar-refractivity contribution >= 4 is 11.9 Å². The van der Waals surface area contributed by atoms with Gasteiger partial charge in [-0.25, -0.2) is 0 Å². The topological polar surface area (TPSA) is 63.6 Å². The molecular formula is C14H26O4. The molecule has 0 aromatic rings. The zero-order chi connectivity index (χ0) is 14.8. The average Bonchev–Trinajstić information content (AvgIpc) is 2.08. The van der Waals surface area contributed by atoms with Crippen molar-refractivity contribution in [1.82, 2.24) is 0 Å². The summed E-state index contributed by atoms with van der Waals surface area (Å²) in [6.45, 7) is 14.0. The van der Waals surface area contributed by atoms with Crippen LogP contribution in [0.3, 0.4) is 0 Å². The van der Waals surface area contributed by atoms with Gasteiger partial charge in [-0.3, -0.25) is 9.59 Å². The Morgan fingerprint density at radius 1 is 1.00 bits per heavy atom. The number of ether oxygens (including phenoxy) is 1. The third kappa shape index (κ3) is 3.47. The highest BCUT2D eigenvalue weighted by molar-refractivity contribution is 5.90. The van der Waals surface area contributed by atoms with Gasteiger partial charge in [-0.15, -0.1) is 0 Å². The maximum Gasteiger partial charge on any atom is 0.317 e. The van der Waals surface area contributed by atoms with Crippen LogP contribution in [0.1, 0.15) is 61.3 Å². The fourth-order valence-electron chi connectivity index (χ4n) is 2.92. The molecule has 1 N–H and O–H groups in total. The van der Waals surface area contributed by atoms with E-state index in [-0.39, 0.29) is 10.8 Å². The van der Waals surface area contributed by atoms with Gasteiger partial charge in [0.2, 0.25) is 0 Å². The number of esters is 1. The van der Waals surface area contributed by atoms with E-state index in [1.807, 2.05) is 48.5 Å². The number of hydrogen-bond acceptors (Lipinski definition) is 3. The molecule has 0 heterocycles. The molecule has 0 aromatic heterocycles. The number of rotatable bonds is 4. The largest absolute Gasteiger partial charge is 0.481 e. The first-order valence-corrected chi connectivity index (χ1v) is 6.31. The van der Waals surface area contributed by atoms with E-state index in [0.717, 1.165) is 0 Å². The fraction of sp³-hybridized carbons (Fsp3) is 0.857. The van der Waals surface area contributed by atoms with Gasteiger partial charge in [0.05, 0.1) is 0 Å². The maximum atomic E-state index is 11.7. The molecular weight excluding hydrogens is 232 g/mol. The van der Waals surface area contributed by atoms with Gasteiger partial charge in [0, 0.05) is 10.8 Å². The van der Waals surface area contributed by atoms with Crippen molar-refractivity contribution in [1.29, 1.82) is 0 Å². The van der Waals surface area contributed by atoms with Crippen LogP contribution in [0.15, 0.2) is 0 Å². The van der Waals surface area contributed by atoms with E-state index >= 15 is 0 Å². The second-order valence-electron chi connectivity index (χ2n) is 6.73. The number of carbonyl (C=O) groups excluding carboxylic acids is 1. The standard InChI is InChI=1S/C14H26O4/c1-8-14(12(2,3)4,13(5,6)7)18-11(17)9-10(15)16/h8-9H2,1-7H3,(H,15,16). The van der Waals surface area contributed by atoms with Crippen molar-refractivity contribution in [2.24, 2.45) is 10.8 Å². The second kappa shape index (κ2) is 5.29. The van der Waals surface area contributed by atoms with Crippen LogP contribution in [0, 0.1) is 10.8 Å². The predicted octanol–water partition coefficient (Wildman–Crippen LogP) is 3.25. The maximum absolute atomic E-state index is 11.7. The minimum Gasteiger partial charge on any atom is -0.481 e. The van der Waals surface area contributed by atoms with Crippen molar-refractivity contribution in [3.63, 3.8) is 0 Å². The first kappa shape index (κ1) is 16.9. The highest BCUT2D eigenvalue weighted by atomic mass is 16.6. The van der Waals surface area contributed by atoms with Crippen LogP contribution in [-0.2, 0) is 14.3 Å². The Hall–Kier alpha value is -1.06. The van der Waals surface area contributed by atoms with Crippen molar-refractivity contribution in [3.05, 3.63) is 0 Å². The van der Waals surface area contributed by atoms with Crippen LogP contribution in [-0.4, -0.2) is 22.6 Å². The third-order valence-electron chi connectivity index (χ3n) is 3.50. The molecule has 0 aliphatic rings. The van der Waals surface area contributed by atoms with E-state index in [4.69, 9.17) is 9.84 Å². The van der Waals surface area contributed by atoms with Crippen LogP contribution >= 0.6 is 0 Å². The van der Waals surface area contributed by atoms with Gasteiger partial charge >= 0.3 is 11.9 Å². The third-order valence-corrected chi connectivity index (χ3v) is 3.50. The zero-order valence-corrected chi connectivity index (χ0v) is 12.6. The van der Waals surface area contributed by atoms with E-state index in [2.05, 4.69) is 0 Å². The average molecular weight is 258 g/mol. The number of carboxylic acid groups (broad SMARTS) is 1. The molecule has 0 rings (SSSR count). The lowest BCUT2D eigenvalue weighted by molar-refractivity contribution is -0.199. The summed E-state index contributed by atoms with van der Waals surface area (Å²) in [5.74, 6) is -1.83. The Bertz CT molecular complexity index is 304. The lowest BCUT2D eigenvalue weighted by Gasteiger charge is -2.52. The van der Waals surface area contributed by atoms with Gasteiger partial charge in [0.25, 0.3) is 0 Å². The fourth-order valence-corrected chi connectivity index (χ4v) is 2.92. The molecule has 0 saturated heterocycles. The van der Waals surface area contributed by atoms with Crippen molar-refractivity contribution in [3.8, 4) is 0 Å². The second-order valence-corrected chi connectivity index (χ2v) is 6.73. The molecule has 0 aliphatic carbocycles. The highest BCUT2D eigenvalue weighted by Crippen LogP contribution is 2.49. The normalized spacial score (nSPS) is 13.3. The molecule has 0 saturated carbocycles. The Kier molecular flexibility index (Phi) is 4.98. The first-order chi connectivity index (χ1) is 7.87. The Morgan fingerprint density at radius 2 is 1.39 bits per heavy atom. The van der Waals surface area contributed by atoms with E-state index in [1.165, 1.54) is 0 Å². The molecule has 18 heavy (non-hydrogen) atoms. The van der Waals surface area contributed by atoms with Crippen molar-refractivity contribution < 1.29 is 19.4 Å².